The number of rotatable bonds is 4. The van der Waals surface area contributed by atoms with Gasteiger partial charge >= 0.3 is 6.03 Å². The number of carbonyl (C=O) groups excluding carboxylic acids is 2. The molecule has 4 heterocycles. The summed E-state index contributed by atoms with van der Waals surface area (Å²) in [5.74, 6) is -2.46. The van der Waals surface area contributed by atoms with E-state index in [0.717, 1.165) is 12.3 Å². The maximum absolute atomic E-state index is 14.4. The maximum atomic E-state index is 14.4. The van der Waals surface area contributed by atoms with Gasteiger partial charge in [0.2, 0.25) is 5.95 Å². The fourth-order valence-corrected chi connectivity index (χ4v) is 4.64. The van der Waals surface area contributed by atoms with Crippen molar-refractivity contribution >= 4 is 24.1 Å². The Morgan fingerprint density at radius 1 is 0.973 bits per heavy atom. The minimum absolute atomic E-state index is 0.217. The van der Waals surface area contributed by atoms with Gasteiger partial charge in [-0.3, -0.25) is 4.79 Å². The summed E-state index contributed by atoms with van der Waals surface area (Å²) in [6.07, 6.45) is 2.89. The molecule has 37 heavy (non-hydrogen) atoms. The lowest BCUT2D eigenvalue weighted by Crippen LogP contribution is -2.59. The highest BCUT2D eigenvalue weighted by Crippen LogP contribution is 2.30. The number of likely N-dealkylation sites (tertiary alicyclic amines) is 1. The van der Waals surface area contributed by atoms with E-state index >= 15 is 0 Å². The summed E-state index contributed by atoms with van der Waals surface area (Å²) in [5, 5.41) is 5.38. The molecule has 196 valence electrons. The van der Waals surface area contributed by atoms with Crippen molar-refractivity contribution in [1.29, 1.82) is 0 Å². The Bertz CT molecular complexity index is 1210. The average molecular weight is 517 g/mol. The molecule has 5 rings (SSSR count). The number of urea groups is 1. The minimum atomic E-state index is -0.775. The first-order valence-electron chi connectivity index (χ1n) is 12.0. The van der Waals surface area contributed by atoms with E-state index in [1.807, 2.05) is 19.0 Å². The first kappa shape index (κ1) is 24.9. The number of piperazine rings is 1. The number of benzene rings is 1. The number of hydrogen-bond acceptors (Lipinski definition) is 7. The van der Waals surface area contributed by atoms with Crippen LogP contribution in [-0.2, 0) is 0 Å². The molecule has 0 radical (unpaired) electrons. The van der Waals surface area contributed by atoms with Crippen LogP contribution >= 0.6 is 0 Å². The molecule has 1 aromatic carbocycles. The number of aromatic nitrogens is 2. The number of likely N-dealkylation sites (N-methyl/N-ethyl adjacent to an activating group) is 1. The molecule has 1 aromatic heterocycles. The van der Waals surface area contributed by atoms with Crippen molar-refractivity contribution in [2.24, 2.45) is 5.10 Å². The molecule has 0 N–H and O–H groups in total. The zero-order valence-electron chi connectivity index (χ0n) is 20.5. The highest BCUT2D eigenvalue weighted by atomic mass is 19.1. The van der Waals surface area contributed by atoms with Gasteiger partial charge in [0.1, 0.15) is 11.6 Å². The first-order valence-corrected chi connectivity index (χ1v) is 12.0. The van der Waals surface area contributed by atoms with Crippen molar-refractivity contribution in [3.05, 3.63) is 53.1 Å². The van der Waals surface area contributed by atoms with Crippen molar-refractivity contribution in [2.75, 3.05) is 58.3 Å². The van der Waals surface area contributed by atoms with Crippen LogP contribution < -0.4 is 4.90 Å². The van der Waals surface area contributed by atoms with Gasteiger partial charge in [-0.15, -0.1) is 0 Å². The molecular weight excluding hydrogens is 489 g/mol. The van der Waals surface area contributed by atoms with Crippen LogP contribution in [0.15, 0.2) is 29.5 Å². The molecule has 0 aliphatic carbocycles. The second kappa shape index (κ2) is 9.96. The second-order valence-electron chi connectivity index (χ2n) is 9.55. The molecule has 3 amide bonds. The SMILES string of the molecule is CN(C)C1CN(C(=O)c2nc(N3CCN(C(=O)N4N=CC[C@H]4c4cc(F)cc(F)c4)CC3)ncc2F)C1. The van der Waals surface area contributed by atoms with Gasteiger partial charge in [-0.25, -0.2) is 32.9 Å². The number of nitrogens with zero attached hydrogens (tertiary/aromatic N) is 8. The summed E-state index contributed by atoms with van der Waals surface area (Å²) < 4.78 is 41.9. The van der Waals surface area contributed by atoms with E-state index in [-0.39, 0.29) is 23.7 Å². The van der Waals surface area contributed by atoms with Crippen LogP contribution in [-0.4, -0.2) is 107 Å². The molecule has 0 saturated carbocycles. The normalized spacial score (nSPS) is 20.1. The topological polar surface area (TPSA) is 88.5 Å². The summed E-state index contributed by atoms with van der Waals surface area (Å²) in [6.45, 7) is 2.33. The minimum Gasteiger partial charge on any atom is -0.337 e. The predicted molar refractivity (Wildman–Crippen MR) is 129 cm³/mol. The predicted octanol–water partition coefficient (Wildman–Crippen LogP) is 1.95. The molecule has 0 bridgehead atoms. The van der Waals surface area contributed by atoms with E-state index in [9.17, 15) is 22.8 Å². The Morgan fingerprint density at radius 2 is 1.65 bits per heavy atom. The molecular formula is C24H27F3N8O2. The van der Waals surface area contributed by atoms with E-state index in [2.05, 4.69) is 15.1 Å². The van der Waals surface area contributed by atoms with E-state index in [4.69, 9.17) is 0 Å². The molecule has 2 fully saturated rings. The van der Waals surface area contributed by atoms with Gasteiger partial charge in [-0.05, 0) is 31.8 Å². The first-order chi connectivity index (χ1) is 17.7. The average Bonchev–Trinajstić information content (AvgIpc) is 3.32. The highest BCUT2D eigenvalue weighted by molar-refractivity contribution is 5.93. The van der Waals surface area contributed by atoms with E-state index < -0.39 is 29.4 Å². The van der Waals surface area contributed by atoms with Crippen LogP contribution in [0.5, 0.6) is 0 Å². The van der Waals surface area contributed by atoms with E-state index in [1.54, 1.807) is 20.9 Å². The number of anilines is 1. The molecule has 0 spiro atoms. The summed E-state index contributed by atoms with van der Waals surface area (Å²) in [6, 6.07) is 2.44. The van der Waals surface area contributed by atoms with Crippen LogP contribution in [0.1, 0.15) is 28.5 Å². The molecule has 3 aliphatic heterocycles. The molecule has 2 saturated heterocycles. The van der Waals surface area contributed by atoms with Crippen molar-refractivity contribution < 1.29 is 22.8 Å². The lowest BCUT2D eigenvalue weighted by molar-refractivity contribution is 0.0389. The fourth-order valence-electron chi connectivity index (χ4n) is 4.64. The van der Waals surface area contributed by atoms with Gasteiger partial charge in [-0.2, -0.15) is 5.10 Å². The largest absolute Gasteiger partial charge is 0.341 e. The molecule has 3 aliphatic rings. The van der Waals surface area contributed by atoms with Gasteiger partial charge in [0.15, 0.2) is 11.5 Å². The smallest absolute Gasteiger partial charge is 0.337 e. The standard InChI is InChI=1S/C24H27F3N8O2/c1-31(2)18-13-34(14-18)22(36)21-19(27)12-28-23(30-21)32-5-7-33(8-6-32)24(37)35-20(3-4-29-35)15-9-16(25)11-17(26)10-15/h4,9-12,18,20H,3,5-8,13-14H2,1-2H3/t20-/m0/s1. The summed E-state index contributed by atoms with van der Waals surface area (Å²) >= 11 is 0. The van der Waals surface area contributed by atoms with Crippen molar-refractivity contribution in [3.63, 3.8) is 0 Å². The Kier molecular flexibility index (Phi) is 6.71. The molecule has 10 nitrogen and oxygen atoms in total. The van der Waals surface area contributed by atoms with Crippen molar-refractivity contribution in [1.82, 2.24) is 29.7 Å². The van der Waals surface area contributed by atoms with Crippen LogP contribution in [0.4, 0.5) is 23.9 Å². The summed E-state index contributed by atoms with van der Waals surface area (Å²) in [5.41, 5.74) is 0.0651. The Balaban J connectivity index is 1.22. The summed E-state index contributed by atoms with van der Waals surface area (Å²) in [7, 11) is 3.86. The number of amides is 3. The van der Waals surface area contributed by atoms with Gasteiger partial charge in [0.25, 0.3) is 5.91 Å². The quantitative estimate of drug-likeness (QED) is 0.618. The zero-order chi connectivity index (χ0) is 26.3. The number of hydrogen-bond donors (Lipinski definition) is 0. The monoisotopic (exact) mass is 516 g/mol. The van der Waals surface area contributed by atoms with Crippen LogP contribution in [0.25, 0.3) is 0 Å². The van der Waals surface area contributed by atoms with Gasteiger partial charge in [-0.1, -0.05) is 0 Å². The molecule has 13 heteroatoms. The van der Waals surface area contributed by atoms with Crippen LogP contribution in [0.3, 0.4) is 0 Å². The number of halogens is 3. The maximum Gasteiger partial charge on any atom is 0.341 e. The van der Waals surface area contributed by atoms with Crippen LogP contribution in [0, 0.1) is 17.5 Å². The lowest BCUT2D eigenvalue weighted by atomic mass is 10.0. The van der Waals surface area contributed by atoms with E-state index in [1.165, 1.54) is 17.1 Å². The third-order valence-corrected chi connectivity index (χ3v) is 6.94. The summed E-state index contributed by atoms with van der Waals surface area (Å²) in [4.78, 5) is 41.1. The van der Waals surface area contributed by atoms with Crippen LogP contribution in [0.2, 0.25) is 0 Å². The second-order valence-corrected chi connectivity index (χ2v) is 9.55. The van der Waals surface area contributed by atoms with E-state index in [0.29, 0.717) is 51.3 Å². The number of hydrazone groups is 1. The number of carbonyl (C=O) groups is 2. The Labute approximate surface area is 212 Å². The third kappa shape index (κ3) is 4.95. The van der Waals surface area contributed by atoms with Gasteiger partial charge in [0, 0.05) is 64.0 Å². The molecule has 1 atom stereocenters. The Morgan fingerprint density at radius 3 is 2.30 bits per heavy atom. The Hall–Kier alpha value is -3.74. The third-order valence-electron chi connectivity index (χ3n) is 6.94. The van der Waals surface area contributed by atoms with Crippen molar-refractivity contribution in [3.8, 4) is 0 Å². The van der Waals surface area contributed by atoms with Gasteiger partial charge in [0.05, 0.1) is 12.2 Å². The lowest BCUT2D eigenvalue weighted by Gasteiger charge is -2.42. The zero-order valence-corrected chi connectivity index (χ0v) is 20.5. The van der Waals surface area contributed by atoms with Gasteiger partial charge < -0.3 is 19.6 Å². The van der Waals surface area contributed by atoms with Crippen molar-refractivity contribution in [2.45, 2.75) is 18.5 Å². The molecule has 0 unspecified atom stereocenters. The fraction of sp³-hybridized carbons (Fsp3) is 0.458. The highest BCUT2D eigenvalue weighted by Gasteiger charge is 2.36. The molecule has 2 aromatic rings.